The van der Waals surface area contributed by atoms with Crippen molar-refractivity contribution < 1.29 is 22.5 Å². The number of anilines is 1. The monoisotopic (exact) mass is 381 g/mol. The highest BCUT2D eigenvalue weighted by Gasteiger charge is 2.15. The average molecular weight is 381 g/mol. The van der Waals surface area contributed by atoms with Crippen molar-refractivity contribution in [3.8, 4) is 0 Å². The van der Waals surface area contributed by atoms with Crippen LogP contribution in [0.2, 0.25) is 0 Å². The molecule has 0 fully saturated rings. The number of aryl methyl sites for hydroxylation is 1. The summed E-state index contributed by atoms with van der Waals surface area (Å²) in [5.41, 5.74) is 0.754. The number of nitro benzene ring substituents is 1. The van der Waals surface area contributed by atoms with Gasteiger partial charge in [-0.2, -0.15) is 0 Å². The summed E-state index contributed by atoms with van der Waals surface area (Å²) in [6.07, 6.45) is -0.178. The number of nitrogens with one attached hydrogen (secondary N) is 2. The lowest BCUT2D eigenvalue weighted by atomic mass is 10.2. The molecule has 0 unspecified atom stereocenters. The van der Waals surface area contributed by atoms with E-state index in [0.717, 1.165) is 24.3 Å². The number of non-ortho nitro benzene ring substituents is 1. The Morgan fingerprint density at radius 1 is 1.19 bits per heavy atom. The summed E-state index contributed by atoms with van der Waals surface area (Å²) < 4.78 is 39.1. The fourth-order valence-corrected chi connectivity index (χ4v) is 3.10. The molecule has 10 heteroatoms. The Morgan fingerprint density at radius 3 is 2.46 bits per heavy atom. The van der Waals surface area contributed by atoms with Crippen molar-refractivity contribution in [1.29, 1.82) is 0 Å². The second-order valence-corrected chi connectivity index (χ2v) is 7.17. The smallest absolute Gasteiger partial charge is 0.271 e. The summed E-state index contributed by atoms with van der Waals surface area (Å²) >= 11 is 0. The van der Waals surface area contributed by atoms with E-state index in [1.165, 1.54) is 18.2 Å². The maximum Gasteiger partial charge on any atom is 0.271 e. The number of carbonyl (C=O) groups is 1. The van der Waals surface area contributed by atoms with Gasteiger partial charge in [-0.15, -0.1) is 0 Å². The molecule has 0 aliphatic heterocycles. The van der Waals surface area contributed by atoms with Crippen LogP contribution in [0.3, 0.4) is 0 Å². The summed E-state index contributed by atoms with van der Waals surface area (Å²) in [6, 6.07) is 8.33. The Morgan fingerprint density at radius 2 is 1.85 bits per heavy atom. The lowest BCUT2D eigenvalue weighted by Crippen LogP contribution is -2.28. The number of halogens is 1. The van der Waals surface area contributed by atoms with Gasteiger partial charge < -0.3 is 5.32 Å². The van der Waals surface area contributed by atoms with Crippen LogP contribution in [0.25, 0.3) is 0 Å². The second kappa shape index (κ2) is 8.02. The number of rotatable bonds is 7. The molecule has 1 amide bonds. The minimum atomic E-state index is -3.86. The highest BCUT2D eigenvalue weighted by Crippen LogP contribution is 2.21. The van der Waals surface area contributed by atoms with Crippen LogP contribution >= 0.6 is 0 Å². The second-order valence-electron chi connectivity index (χ2n) is 5.41. The number of nitrogens with zero attached hydrogens (tertiary/aromatic N) is 1. The van der Waals surface area contributed by atoms with Crippen molar-refractivity contribution in [2.45, 2.75) is 18.2 Å². The van der Waals surface area contributed by atoms with Gasteiger partial charge in [-0.1, -0.05) is 6.07 Å². The normalized spacial score (nSPS) is 11.2. The van der Waals surface area contributed by atoms with E-state index in [9.17, 15) is 27.7 Å². The third-order valence-corrected chi connectivity index (χ3v) is 4.95. The van der Waals surface area contributed by atoms with Gasteiger partial charge in [0.25, 0.3) is 5.69 Å². The van der Waals surface area contributed by atoms with Gasteiger partial charge in [-0.05, 0) is 36.8 Å². The fourth-order valence-electron chi connectivity index (χ4n) is 2.07. The molecule has 2 rings (SSSR count). The largest absolute Gasteiger partial charge is 0.326 e. The summed E-state index contributed by atoms with van der Waals surface area (Å²) in [6.45, 7) is 1.50. The van der Waals surface area contributed by atoms with Crippen LogP contribution < -0.4 is 10.0 Å². The minimum Gasteiger partial charge on any atom is -0.326 e. The zero-order valence-electron chi connectivity index (χ0n) is 13.7. The first kappa shape index (κ1) is 19.5. The van der Waals surface area contributed by atoms with Crippen molar-refractivity contribution in [3.05, 3.63) is 64.0 Å². The Kier molecular flexibility index (Phi) is 6.01. The van der Waals surface area contributed by atoms with Crippen LogP contribution in [0, 0.1) is 22.9 Å². The van der Waals surface area contributed by atoms with Crippen LogP contribution in [0.1, 0.15) is 12.0 Å². The highest BCUT2D eigenvalue weighted by molar-refractivity contribution is 7.89. The number of benzene rings is 2. The van der Waals surface area contributed by atoms with Gasteiger partial charge in [-0.25, -0.2) is 17.5 Å². The molecule has 0 spiro atoms. The summed E-state index contributed by atoms with van der Waals surface area (Å²) in [4.78, 5) is 22.0. The molecule has 0 heterocycles. The molecule has 0 bridgehead atoms. The van der Waals surface area contributed by atoms with Gasteiger partial charge in [0.15, 0.2) is 0 Å². The Labute approximate surface area is 149 Å². The highest BCUT2D eigenvalue weighted by atomic mass is 32.2. The van der Waals surface area contributed by atoms with Gasteiger partial charge in [0.05, 0.1) is 15.5 Å². The van der Waals surface area contributed by atoms with Crippen molar-refractivity contribution in [2.24, 2.45) is 0 Å². The van der Waals surface area contributed by atoms with E-state index in [2.05, 4.69) is 10.0 Å². The molecule has 0 saturated heterocycles. The number of hydrogen-bond acceptors (Lipinski definition) is 5. The SMILES string of the molecule is Cc1ccc([N+](=O)[O-])cc1NC(=O)CCNS(=O)(=O)c1ccc(F)cc1. The van der Waals surface area contributed by atoms with Crippen LogP contribution in [0.5, 0.6) is 0 Å². The topological polar surface area (TPSA) is 118 Å². The Bertz CT molecular complexity index is 929. The van der Waals surface area contributed by atoms with E-state index >= 15 is 0 Å². The number of hydrogen-bond donors (Lipinski definition) is 2. The molecule has 8 nitrogen and oxygen atoms in total. The predicted octanol–water partition coefficient (Wildman–Crippen LogP) is 2.35. The molecular weight excluding hydrogens is 365 g/mol. The molecule has 2 N–H and O–H groups in total. The number of carbonyl (C=O) groups excluding carboxylic acids is 1. The van der Waals surface area contributed by atoms with Gasteiger partial charge in [0.1, 0.15) is 5.82 Å². The van der Waals surface area contributed by atoms with Crippen LogP contribution in [-0.2, 0) is 14.8 Å². The van der Waals surface area contributed by atoms with Crippen molar-refractivity contribution in [3.63, 3.8) is 0 Å². The zero-order chi connectivity index (χ0) is 19.3. The van der Waals surface area contributed by atoms with Gasteiger partial charge in [0.2, 0.25) is 15.9 Å². The van der Waals surface area contributed by atoms with Crippen molar-refractivity contribution in [2.75, 3.05) is 11.9 Å². The molecular formula is C16H16FN3O5S. The molecule has 26 heavy (non-hydrogen) atoms. The molecule has 0 aliphatic carbocycles. The van der Waals surface area contributed by atoms with Crippen LogP contribution in [-0.4, -0.2) is 25.8 Å². The standard InChI is InChI=1S/C16H16FN3O5S/c1-11-2-5-13(20(22)23)10-15(11)19-16(21)8-9-18-26(24,25)14-6-3-12(17)4-7-14/h2-7,10,18H,8-9H2,1H3,(H,19,21). The summed E-state index contributed by atoms with van der Waals surface area (Å²) in [7, 11) is -3.86. The van der Waals surface area contributed by atoms with E-state index < -0.39 is 26.7 Å². The van der Waals surface area contributed by atoms with E-state index in [1.807, 2.05) is 0 Å². The lowest BCUT2D eigenvalue weighted by Gasteiger charge is -2.09. The molecule has 2 aromatic carbocycles. The average Bonchev–Trinajstić information content (AvgIpc) is 2.57. The summed E-state index contributed by atoms with van der Waals surface area (Å²) in [5.74, 6) is -1.06. The molecule has 2 aromatic rings. The number of nitro groups is 1. The Hall–Kier alpha value is -2.85. The maximum absolute atomic E-state index is 12.8. The van der Waals surface area contributed by atoms with Crippen LogP contribution in [0.4, 0.5) is 15.8 Å². The fraction of sp³-hybridized carbons (Fsp3) is 0.188. The molecule has 0 atom stereocenters. The molecule has 0 radical (unpaired) electrons. The van der Waals surface area contributed by atoms with Crippen molar-refractivity contribution in [1.82, 2.24) is 4.72 Å². The zero-order valence-corrected chi connectivity index (χ0v) is 14.5. The van der Waals surface area contributed by atoms with E-state index in [4.69, 9.17) is 0 Å². The van der Waals surface area contributed by atoms with E-state index in [-0.39, 0.29) is 29.2 Å². The third-order valence-electron chi connectivity index (χ3n) is 3.47. The predicted molar refractivity (Wildman–Crippen MR) is 92.7 cm³/mol. The van der Waals surface area contributed by atoms with Crippen LogP contribution in [0.15, 0.2) is 47.4 Å². The summed E-state index contributed by atoms with van der Waals surface area (Å²) in [5, 5.41) is 13.3. The first-order valence-corrected chi connectivity index (χ1v) is 8.97. The van der Waals surface area contributed by atoms with E-state index in [1.54, 1.807) is 6.92 Å². The lowest BCUT2D eigenvalue weighted by molar-refractivity contribution is -0.384. The van der Waals surface area contributed by atoms with E-state index in [0.29, 0.717) is 5.56 Å². The molecule has 0 aliphatic rings. The van der Waals surface area contributed by atoms with Gasteiger partial charge >= 0.3 is 0 Å². The first-order valence-electron chi connectivity index (χ1n) is 7.49. The van der Waals surface area contributed by atoms with Gasteiger partial charge in [0, 0.05) is 25.1 Å². The Balaban J connectivity index is 1.94. The minimum absolute atomic E-state index is 0.117. The number of amides is 1. The molecule has 0 saturated carbocycles. The molecule has 138 valence electrons. The quantitative estimate of drug-likeness (QED) is 0.564. The molecule has 0 aromatic heterocycles. The number of sulfonamides is 1. The maximum atomic E-state index is 12.8. The third kappa shape index (κ3) is 5.07. The van der Waals surface area contributed by atoms with Gasteiger partial charge in [-0.3, -0.25) is 14.9 Å². The van der Waals surface area contributed by atoms with Crippen molar-refractivity contribution >= 4 is 27.3 Å². The first-order chi connectivity index (χ1) is 12.2.